The van der Waals surface area contributed by atoms with Gasteiger partial charge in [-0.2, -0.15) is 0 Å². The number of urea groups is 1. The number of sulfone groups is 1. The highest BCUT2D eigenvalue weighted by Crippen LogP contribution is 2.68. The molecule has 4 atom stereocenters. The number of nitrogens with one attached hydrogen (secondary N) is 2. The Kier molecular flexibility index (Phi) is 5.06. The van der Waals surface area contributed by atoms with Gasteiger partial charge in [-0.1, -0.05) is 48.5 Å². The smallest absolute Gasteiger partial charge is 0.319 e. The third-order valence-electron chi connectivity index (χ3n) is 7.91. The Morgan fingerprint density at radius 3 is 2.37 bits per heavy atom. The van der Waals surface area contributed by atoms with Crippen molar-refractivity contribution in [2.45, 2.75) is 61.0 Å². The molecule has 2 N–H and O–H groups in total. The van der Waals surface area contributed by atoms with E-state index in [0.717, 1.165) is 11.1 Å². The van der Waals surface area contributed by atoms with Crippen molar-refractivity contribution in [1.82, 2.24) is 10.2 Å². The minimum atomic E-state index is -3.50. The van der Waals surface area contributed by atoms with E-state index >= 15 is 0 Å². The third kappa shape index (κ3) is 3.74. The molecule has 3 aromatic carbocycles. The summed E-state index contributed by atoms with van der Waals surface area (Å²) < 4.78 is 26.2. The van der Waals surface area contributed by atoms with Gasteiger partial charge in [-0.3, -0.25) is 4.90 Å². The van der Waals surface area contributed by atoms with Gasteiger partial charge in [0.05, 0.1) is 16.7 Å². The fourth-order valence-corrected chi connectivity index (χ4v) is 7.47. The predicted octanol–water partition coefficient (Wildman–Crippen LogP) is 5.51. The van der Waals surface area contributed by atoms with E-state index in [1.807, 2.05) is 43.3 Å². The lowest BCUT2D eigenvalue weighted by atomic mass is 9.68. The van der Waals surface area contributed by atoms with E-state index in [2.05, 4.69) is 34.6 Å². The Labute approximate surface area is 206 Å². The second-order valence-corrected chi connectivity index (χ2v) is 12.3. The molecule has 2 saturated heterocycles. The van der Waals surface area contributed by atoms with Gasteiger partial charge >= 0.3 is 6.03 Å². The van der Waals surface area contributed by atoms with Gasteiger partial charge in [0.15, 0.2) is 9.84 Å². The molecule has 0 spiro atoms. The molecule has 0 bridgehead atoms. The summed E-state index contributed by atoms with van der Waals surface area (Å²) in [5.74, 6) is -0.0310. The first-order valence-corrected chi connectivity index (χ1v) is 13.8. The van der Waals surface area contributed by atoms with Crippen LogP contribution < -0.4 is 10.6 Å². The highest BCUT2D eigenvalue weighted by molar-refractivity contribution is 7.90. The summed E-state index contributed by atoms with van der Waals surface area (Å²) >= 11 is 0. The molecule has 180 valence electrons. The summed E-state index contributed by atoms with van der Waals surface area (Å²) in [6.45, 7) is 4.23. The summed E-state index contributed by atoms with van der Waals surface area (Å²) in [5.41, 5.74) is 5.42. The average Bonchev–Trinajstić information content (AvgIpc) is 2.94. The Morgan fingerprint density at radius 2 is 1.69 bits per heavy atom. The van der Waals surface area contributed by atoms with Gasteiger partial charge in [0.2, 0.25) is 0 Å². The van der Waals surface area contributed by atoms with Gasteiger partial charge in [0, 0.05) is 23.3 Å². The molecule has 0 aliphatic carbocycles. The molecule has 3 aliphatic heterocycles. The Balaban J connectivity index is 1.10. The third-order valence-corrected chi connectivity index (χ3v) is 9.61. The van der Waals surface area contributed by atoms with Crippen LogP contribution in [0.5, 0.6) is 0 Å². The molecular weight excluding hydrogens is 458 g/mol. The van der Waals surface area contributed by atoms with Crippen LogP contribution in [-0.4, -0.2) is 24.9 Å². The van der Waals surface area contributed by atoms with Crippen LogP contribution in [0.25, 0.3) is 0 Å². The highest BCUT2D eigenvalue weighted by atomic mass is 32.2. The number of piperidine rings is 1. The number of nitrogens with zero attached hydrogens (tertiary/aromatic N) is 1. The van der Waals surface area contributed by atoms with Gasteiger partial charge in [-0.05, 0) is 73.2 Å². The van der Waals surface area contributed by atoms with Crippen LogP contribution >= 0.6 is 0 Å². The van der Waals surface area contributed by atoms with Crippen molar-refractivity contribution in [3.8, 4) is 0 Å². The van der Waals surface area contributed by atoms with Crippen LogP contribution in [0.3, 0.4) is 0 Å². The Bertz CT molecular complexity index is 1410. The van der Waals surface area contributed by atoms with Crippen LogP contribution in [-0.2, 0) is 15.6 Å². The summed E-state index contributed by atoms with van der Waals surface area (Å²) in [6.07, 6.45) is 2.37. The van der Waals surface area contributed by atoms with E-state index in [1.54, 1.807) is 24.3 Å². The van der Waals surface area contributed by atoms with E-state index in [0.29, 0.717) is 23.3 Å². The van der Waals surface area contributed by atoms with Crippen molar-refractivity contribution < 1.29 is 13.2 Å². The fourth-order valence-electron chi connectivity index (χ4n) is 6.13. The van der Waals surface area contributed by atoms with Crippen molar-refractivity contribution in [2.75, 3.05) is 5.32 Å². The SMILES string of the molecule is C[C@H](NC(=O)Nc1ccc(S(=O)(=O)Cc2ccc3c(c2)C2CC4(C)CC3N24)cc1)c1ccccc1. The van der Waals surface area contributed by atoms with Crippen LogP contribution in [0, 0.1) is 0 Å². The molecule has 3 unspecified atom stereocenters. The molecule has 3 aromatic rings. The standard InChI is InChI=1S/C28H29N3O3S/c1-18(20-6-4-3-5-7-20)29-27(32)30-21-9-11-22(12-10-21)35(33,34)17-19-8-13-23-24(14-19)26-16-28(2)15-25(23)31(26)28/h3-14,18,25-26H,15-17H2,1-2H3,(H2,29,30,32)/t18-,25?,26?,28?/m0/s1. The molecule has 2 fully saturated rings. The highest BCUT2D eigenvalue weighted by Gasteiger charge is 2.65. The second kappa shape index (κ2) is 7.93. The maximum Gasteiger partial charge on any atom is 0.319 e. The first-order chi connectivity index (χ1) is 16.7. The Morgan fingerprint density at radius 1 is 1.00 bits per heavy atom. The van der Waals surface area contributed by atoms with Crippen molar-refractivity contribution in [2.24, 2.45) is 0 Å². The molecule has 2 amide bonds. The number of rotatable bonds is 6. The number of anilines is 1. The Hall–Kier alpha value is -3.16. The normalized spacial score (nSPS) is 25.0. The molecular formula is C28H29N3O3S. The number of hydrogen-bond acceptors (Lipinski definition) is 4. The quantitative estimate of drug-likeness (QED) is 0.481. The van der Waals surface area contributed by atoms with E-state index in [4.69, 9.17) is 0 Å². The predicted molar refractivity (Wildman–Crippen MR) is 136 cm³/mol. The van der Waals surface area contributed by atoms with E-state index in [9.17, 15) is 13.2 Å². The molecule has 6 rings (SSSR count). The van der Waals surface area contributed by atoms with Gasteiger partial charge < -0.3 is 10.6 Å². The molecule has 35 heavy (non-hydrogen) atoms. The zero-order valence-corrected chi connectivity index (χ0v) is 20.7. The van der Waals surface area contributed by atoms with Crippen LogP contribution in [0.1, 0.15) is 67.1 Å². The molecule has 0 saturated carbocycles. The maximum atomic E-state index is 13.1. The summed E-state index contributed by atoms with van der Waals surface area (Å²) in [5, 5.41) is 5.67. The molecule has 3 heterocycles. The second-order valence-electron chi connectivity index (χ2n) is 10.3. The zero-order chi connectivity index (χ0) is 24.4. The first kappa shape index (κ1) is 22.3. The molecule has 7 heteroatoms. The van der Waals surface area contributed by atoms with E-state index in [1.165, 1.54) is 24.0 Å². The van der Waals surface area contributed by atoms with Crippen molar-refractivity contribution in [3.63, 3.8) is 0 Å². The fraction of sp³-hybridized carbons (Fsp3) is 0.321. The van der Waals surface area contributed by atoms with Crippen molar-refractivity contribution in [3.05, 3.63) is 95.1 Å². The van der Waals surface area contributed by atoms with Crippen molar-refractivity contribution in [1.29, 1.82) is 0 Å². The maximum absolute atomic E-state index is 13.1. The number of amides is 2. The number of hydrogen-bond donors (Lipinski definition) is 2. The summed E-state index contributed by atoms with van der Waals surface area (Å²) in [4.78, 5) is 15.2. The summed E-state index contributed by atoms with van der Waals surface area (Å²) in [7, 11) is -3.50. The molecule has 6 nitrogen and oxygen atoms in total. The molecule has 3 aliphatic rings. The molecule has 0 aromatic heterocycles. The minimum absolute atomic E-state index is 0.0310. The first-order valence-electron chi connectivity index (χ1n) is 12.1. The minimum Gasteiger partial charge on any atom is -0.331 e. The van der Waals surface area contributed by atoms with Gasteiger partial charge in [0.1, 0.15) is 0 Å². The number of carbonyl (C=O) groups is 1. The topological polar surface area (TPSA) is 78.5 Å². The summed E-state index contributed by atoms with van der Waals surface area (Å²) in [6, 6.07) is 22.8. The number of benzene rings is 3. The number of fused-ring (bicyclic) bond motifs is 3. The average molecular weight is 488 g/mol. The van der Waals surface area contributed by atoms with Crippen molar-refractivity contribution >= 4 is 21.6 Å². The van der Waals surface area contributed by atoms with Gasteiger partial charge in [-0.25, -0.2) is 13.2 Å². The lowest BCUT2D eigenvalue weighted by Gasteiger charge is -2.65. The van der Waals surface area contributed by atoms with E-state index in [-0.39, 0.29) is 22.7 Å². The van der Waals surface area contributed by atoms with Gasteiger partial charge in [0.25, 0.3) is 0 Å². The van der Waals surface area contributed by atoms with Crippen LogP contribution in [0.2, 0.25) is 0 Å². The lowest BCUT2D eigenvalue weighted by Crippen LogP contribution is -2.66. The monoisotopic (exact) mass is 487 g/mol. The van der Waals surface area contributed by atoms with Crippen LogP contribution in [0.15, 0.2) is 77.7 Å². The van der Waals surface area contributed by atoms with E-state index < -0.39 is 9.84 Å². The van der Waals surface area contributed by atoms with Gasteiger partial charge in [-0.15, -0.1) is 0 Å². The largest absolute Gasteiger partial charge is 0.331 e. The van der Waals surface area contributed by atoms with Crippen LogP contribution in [0.4, 0.5) is 10.5 Å². The zero-order valence-electron chi connectivity index (χ0n) is 19.9. The molecule has 0 radical (unpaired) electrons. The lowest BCUT2D eigenvalue weighted by molar-refractivity contribution is -0.177. The number of carbonyl (C=O) groups excluding carboxylic acids is 1.